The first kappa shape index (κ1) is 18.5. The smallest absolute Gasteiger partial charge is 0.225 e. The fraction of sp³-hybridized carbons (Fsp3) is 0.391. The fourth-order valence-electron chi connectivity index (χ4n) is 3.87. The zero-order chi connectivity index (χ0) is 19.5. The highest BCUT2D eigenvalue weighted by Gasteiger charge is 2.27. The van der Waals surface area contributed by atoms with Gasteiger partial charge >= 0.3 is 0 Å². The van der Waals surface area contributed by atoms with Crippen LogP contribution in [0.5, 0.6) is 0 Å². The van der Waals surface area contributed by atoms with E-state index in [1.54, 1.807) is 0 Å². The molecule has 1 aliphatic rings. The Morgan fingerprint density at radius 2 is 2.00 bits per heavy atom. The van der Waals surface area contributed by atoms with E-state index in [1.165, 1.54) is 11.1 Å². The third-order valence-corrected chi connectivity index (χ3v) is 5.61. The van der Waals surface area contributed by atoms with Crippen LogP contribution in [0.25, 0.3) is 11.0 Å². The number of benzene rings is 2. The summed E-state index contributed by atoms with van der Waals surface area (Å²) in [6.07, 6.45) is 2.96. The number of nitrogens with one attached hydrogen (secondary N) is 2. The number of rotatable bonds is 5. The Hall–Kier alpha value is -2.82. The van der Waals surface area contributed by atoms with Gasteiger partial charge in [0.15, 0.2) is 0 Å². The summed E-state index contributed by atoms with van der Waals surface area (Å²) in [5.41, 5.74) is 5.70. The first-order valence-electron chi connectivity index (χ1n) is 10.2. The average Bonchev–Trinajstić information content (AvgIpc) is 3.15. The standard InChI is InChI=1S/C23H28N4O/c1-3-17-7-9-18(10-8-17)14-24-22(28)19-5-4-12-27(15-19)23-25-20-11-6-16(2)13-21(20)26-23/h6-11,13,19H,3-5,12,14-15H2,1-2H3,(H,24,28)(H,25,26)/t19-/m1/s1. The minimum absolute atomic E-state index is 0.00128. The van der Waals surface area contributed by atoms with Crippen molar-refractivity contribution in [2.45, 2.75) is 39.7 Å². The normalized spacial score (nSPS) is 17.1. The van der Waals surface area contributed by atoms with Crippen LogP contribution in [0.2, 0.25) is 0 Å². The molecule has 1 atom stereocenters. The lowest BCUT2D eigenvalue weighted by Crippen LogP contribution is -2.43. The van der Waals surface area contributed by atoms with Gasteiger partial charge in [-0.3, -0.25) is 4.79 Å². The summed E-state index contributed by atoms with van der Waals surface area (Å²) in [6, 6.07) is 14.7. The van der Waals surface area contributed by atoms with Gasteiger partial charge in [0.25, 0.3) is 0 Å². The molecule has 0 saturated carbocycles. The Morgan fingerprint density at radius 1 is 1.21 bits per heavy atom. The molecule has 1 aromatic heterocycles. The number of hydrogen-bond donors (Lipinski definition) is 2. The largest absolute Gasteiger partial charge is 0.352 e. The van der Waals surface area contributed by atoms with Gasteiger partial charge in [-0.05, 0) is 55.0 Å². The SMILES string of the molecule is CCc1ccc(CNC(=O)[C@@H]2CCCN(c3nc4ccc(C)cc4[nH]3)C2)cc1. The van der Waals surface area contributed by atoms with Gasteiger partial charge in [-0.2, -0.15) is 0 Å². The Morgan fingerprint density at radius 3 is 2.79 bits per heavy atom. The summed E-state index contributed by atoms with van der Waals surface area (Å²) in [7, 11) is 0. The van der Waals surface area contributed by atoms with Gasteiger partial charge in [-0.25, -0.2) is 4.98 Å². The predicted molar refractivity (Wildman–Crippen MR) is 113 cm³/mol. The summed E-state index contributed by atoms with van der Waals surface area (Å²) in [6.45, 7) is 6.45. The molecule has 0 aliphatic carbocycles. The number of carbonyl (C=O) groups is 1. The van der Waals surface area contributed by atoms with E-state index in [-0.39, 0.29) is 11.8 Å². The van der Waals surface area contributed by atoms with Crippen LogP contribution in [-0.2, 0) is 17.8 Å². The Kier molecular flexibility index (Phi) is 5.33. The van der Waals surface area contributed by atoms with Gasteiger partial charge < -0.3 is 15.2 Å². The molecular weight excluding hydrogens is 348 g/mol. The number of nitrogens with zero attached hydrogens (tertiary/aromatic N) is 2. The Bertz CT molecular complexity index is 960. The molecule has 5 nitrogen and oxygen atoms in total. The molecule has 5 heteroatoms. The monoisotopic (exact) mass is 376 g/mol. The zero-order valence-electron chi connectivity index (χ0n) is 16.7. The van der Waals surface area contributed by atoms with E-state index in [4.69, 9.17) is 4.98 Å². The molecule has 0 radical (unpaired) electrons. The molecule has 4 rings (SSSR count). The van der Waals surface area contributed by atoms with Crippen LogP contribution in [0.15, 0.2) is 42.5 Å². The van der Waals surface area contributed by atoms with Crippen molar-refractivity contribution in [3.05, 3.63) is 59.2 Å². The number of carbonyl (C=O) groups excluding carboxylic acids is 1. The second kappa shape index (κ2) is 8.05. The van der Waals surface area contributed by atoms with E-state index in [1.807, 2.05) is 6.07 Å². The van der Waals surface area contributed by atoms with Crippen LogP contribution in [0.4, 0.5) is 5.95 Å². The average molecular weight is 377 g/mol. The summed E-state index contributed by atoms with van der Waals surface area (Å²) in [5, 5.41) is 3.12. The van der Waals surface area contributed by atoms with Crippen LogP contribution in [0.3, 0.4) is 0 Å². The van der Waals surface area contributed by atoms with Crippen LogP contribution in [-0.4, -0.2) is 29.0 Å². The van der Waals surface area contributed by atoms with E-state index in [9.17, 15) is 4.79 Å². The molecule has 2 heterocycles. The third-order valence-electron chi connectivity index (χ3n) is 5.61. The first-order valence-corrected chi connectivity index (χ1v) is 10.2. The summed E-state index contributed by atoms with van der Waals surface area (Å²) >= 11 is 0. The lowest BCUT2D eigenvalue weighted by Gasteiger charge is -2.31. The summed E-state index contributed by atoms with van der Waals surface area (Å²) < 4.78 is 0. The van der Waals surface area contributed by atoms with Crippen molar-refractivity contribution in [2.75, 3.05) is 18.0 Å². The van der Waals surface area contributed by atoms with Gasteiger partial charge in [0, 0.05) is 19.6 Å². The first-order chi connectivity index (χ1) is 13.6. The lowest BCUT2D eigenvalue weighted by atomic mass is 9.97. The van der Waals surface area contributed by atoms with Crippen molar-refractivity contribution in [3.8, 4) is 0 Å². The van der Waals surface area contributed by atoms with E-state index < -0.39 is 0 Å². The van der Waals surface area contributed by atoms with Gasteiger partial charge in [-0.1, -0.05) is 37.3 Å². The van der Waals surface area contributed by atoms with Crippen molar-refractivity contribution in [1.29, 1.82) is 0 Å². The molecule has 0 bridgehead atoms. The number of aromatic nitrogens is 2. The van der Waals surface area contributed by atoms with E-state index in [0.29, 0.717) is 13.1 Å². The van der Waals surface area contributed by atoms with Gasteiger partial charge in [-0.15, -0.1) is 0 Å². The topological polar surface area (TPSA) is 61.0 Å². The molecule has 28 heavy (non-hydrogen) atoms. The number of aryl methyl sites for hydroxylation is 2. The van der Waals surface area contributed by atoms with Crippen LogP contribution in [0, 0.1) is 12.8 Å². The quantitative estimate of drug-likeness (QED) is 0.708. The van der Waals surface area contributed by atoms with Crippen molar-refractivity contribution < 1.29 is 4.79 Å². The van der Waals surface area contributed by atoms with Crippen molar-refractivity contribution in [2.24, 2.45) is 5.92 Å². The second-order valence-electron chi connectivity index (χ2n) is 7.75. The van der Waals surface area contributed by atoms with Crippen LogP contribution < -0.4 is 10.2 Å². The number of aromatic amines is 1. The van der Waals surface area contributed by atoms with E-state index in [0.717, 1.165) is 48.4 Å². The molecular formula is C23H28N4O. The number of imidazole rings is 1. The Labute approximate surface area is 166 Å². The molecule has 3 aromatic rings. The minimum Gasteiger partial charge on any atom is -0.352 e. The van der Waals surface area contributed by atoms with Crippen molar-refractivity contribution >= 4 is 22.9 Å². The van der Waals surface area contributed by atoms with Gasteiger partial charge in [0.1, 0.15) is 0 Å². The maximum Gasteiger partial charge on any atom is 0.225 e. The number of hydrogen-bond acceptors (Lipinski definition) is 3. The molecule has 1 saturated heterocycles. The molecule has 146 valence electrons. The molecule has 1 amide bonds. The maximum atomic E-state index is 12.7. The zero-order valence-corrected chi connectivity index (χ0v) is 16.7. The molecule has 0 unspecified atom stereocenters. The maximum absolute atomic E-state index is 12.7. The number of fused-ring (bicyclic) bond motifs is 1. The Balaban J connectivity index is 1.38. The molecule has 1 aliphatic heterocycles. The van der Waals surface area contributed by atoms with E-state index in [2.05, 4.69) is 65.4 Å². The lowest BCUT2D eigenvalue weighted by molar-refractivity contribution is -0.125. The van der Waals surface area contributed by atoms with Gasteiger partial charge in [0.2, 0.25) is 11.9 Å². The highest BCUT2D eigenvalue weighted by atomic mass is 16.1. The van der Waals surface area contributed by atoms with Crippen molar-refractivity contribution in [1.82, 2.24) is 15.3 Å². The summed E-state index contributed by atoms with van der Waals surface area (Å²) in [4.78, 5) is 23.1. The van der Waals surface area contributed by atoms with Crippen LogP contribution >= 0.6 is 0 Å². The van der Waals surface area contributed by atoms with Gasteiger partial charge in [0.05, 0.1) is 17.0 Å². The number of piperidine rings is 1. The molecule has 0 spiro atoms. The van der Waals surface area contributed by atoms with Crippen molar-refractivity contribution in [3.63, 3.8) is 0 Å². The highest BCUT2D eigenvalue weighted by Crippen LogP contribution is 2.24. The number of anilines is 1. The minimum atomic E-state index is -0.00128. The molecule has 2 aromatic carbocycles. The third kappa shape index (κ3) is 4.03. The predicted octanol–water partition coefficient (Wildman–Crippen LogP) is 3.97. The van der Waals surface area contributed by atoms with E-state index >= 15 is 0 Å². The second-order valence-corrected chi connectivity index (χ2v) is 7.75. The highest BCUT2D eigenvalue weighted by molar-refractivity contribution is 5.80. The number of H-pyrrole nitrogens is 1. The fourth-order valence-corrected chi connectivity index (χ4v) is 3.87. The summed E-state index contributed by atoms with van der Waals surface area (Å²) in [5.74, 6) is 1.00. The molecule has 1 fully saturated rings. The molecule has 2 N–H and O–H groups in total. The van der Waals surface area contributed by atoms with Crippen LogP contribution in [0.1, 0.15) is 36.5 Å². The number of amides is 1.